The SMILES string of the molecule is C[C@H]1CN(CC2C#CC=C(I)N=C2)CCN1CCO. The lowest BCUT2D eigenvalue weighted by atomic mass is 10.1. The molecule has 0 aromatic rings. The molecule has 0 spiro atoms. The van der Waals surface area contributed by atoms with Crippen LogP contribution < -0.4 is 0 Å². The molecule has 104 valence electrons. The van der Waals surface area contributed by atoms with Crippen LogP contribution in [0.4, 0.5) is 0 Å². The lowest BCUT2D eigenvalue weighted by molar-refractivity contribution is 0.0674. The highest BCUT2D eigenvalue weighted by Crippen LogP contribution is 2.13. The molecule has 2 heterocycles. The van der Waals surface area contributed by atoms with Crippen LogP contribution in [0.5, 0.6) is 0 Å². The third-order valence-corrected chi connectivity index (χ3v) is 4.12. The first-order valence-electron chi connectivity index (χ1n) is 6.67. The average Bonchev–Trinajstić information content (AvgIpc) is 2.58. The van der Waals surface area contributed by atoms with Crippen molar-refractivity contribution in [2.45, 2.75) is 13.0 Å². The predicted octanol–water partition coefficient (Wildman–Crippen LogP) is 0.965. The van der Waals surface area contributed by atoms with Crippen LogP contribution in [0.25, 0.3) is 0 Å². The van der Waals surface area contributed by atoms with Crippen LogP contribution in [0, 0.1) is 17.8 Å². The van der Waals surface area contributed by atoms with Crippen LogP contribution in [0.15, 0.2) is 14.8 Å². The van der Waals surface area contributed by atoms with Crippen LogP contribution in [-0.4, -0.2) is 66.5 Å². The van der Waals surface area contributed by atoms with Gasteiger partial charge in [0.15, 0.2) is 0 Å². The van der Waals surface area contributed by atoms with Crippen molar-refractivity contribution >= 4 is 28.8 Å². The second-order valence-corrected chi connectivity index (χ2v) is 6.11. The Balaban J connectivity index is 1.85. The number of nitrogens with zero attached hydrogens (tertiary/aromatic N) is 3. The minimum Gasteiger partial charge on any atom is -0.395 e. The lowest BCUT2D eigenvalue weighted by Crippen LogP contribution is -2.53. The molecular formula is C14H20IN3O. The predicted molar refractivity (Wildman–Crippen MR) is 86.4 cm³/mol. The van der Waals surface area contributed by atoms with Crippen LogP contribution in [0.2, 0.25) is 0 Å². The number of aliphatic hydroxyl groups excluding tert-OH is 1. The molecular weight excluding hydrogens is 353 g/mol. The van der Waals surface area contributed by atoms with E-state index in [1.165, 1.54) is 0 Å². The first kappa shape index (κ1) is 15.0. The Morgan fingerprint density at radius 1 is 1.53 bits per heavy atom. The minimum absolute atomic E-state index is 0.222. The fourth-order valence-corrected chi connectivity index (χ4v) is 2.83. The first-order valence-corrected chi connectivity index (χ1v) is 7.75. The zero-order valence-corrected chi connectivity index (χ0v) is 13.4. The maximum atomic E-state index is 9.02. The van der Waals surface area contributed by atoms with Gasteiger partial charge >= 0.3 is 0 Å². The Labute approximate surface area is 128 Å². The summed E-state index contributed by atoms with van der Waals surface area (Å²) in [6.45, 7) is 7.30. The number of hydrogen-bond acceptors (Lipinski definition) is 4. The molecule has 0 bridgehead atoms. The summed E-state index contributed by atoms with van der Waals surface area (Å²) >= 11 is 2.19. The van der Waals surface area contributed by atoms with Gasteiger partial charge in [-0.25, -0.2) is 0 Å². The standard InChI is InChI=1S/C14H20IN3O/c1-12-10-17(5-6-18(12)7-8-19)11-13-3-2-4-14(15)16-9-13/h4,9,12-13,19H,5-8,10-11H2,1H3/t12-,13?/m0/s1. The Hall–Kier alpha value is -0.420. The highest BCUT2D eigenvalue weighted by molar-refractivity contribution is 14.1. The fraction of sp³-hybridized carbons (Fsp3) is 0.643. The van der Waals surface area contributed by atoms with Crippen LogP contribution in [-0.2, 0) is 0 Å². The summed E-state index contributed by atoms with van der Waals surface area (Å²) in [5, 5.41) is 9.02. The van der Waals surface area contributed by atoms with E-state index in [2.05, 4.69) is 56.1 Å². The topological polar surface area (TPSA) is 39.1 Å². The summed E-state index contributed by atoms with van der Waals surface area (Å²) < 4.78 is 0.953. The van der Waals surface area contributed by atoms with Gasteiger partial charge in [-0.3, -0.25) is 14.8 Å². The molecule has 2 aliphatic rings. The maximum Gasteiger partial charge on any atom is 0.109 e. The Morgan fingerprint density at radius 3 is 3.11 bits per heavy atom. The van der Waals surface area contributed by atoms with E-state index in [0.29, 0.717) is 6.04 Å². The molecule has 1 unspecified atom stereocenters. The van der Waals surface area contributed by atoms with Crippen molar-refractivity contribution in [2.75, 3.05) is 39.3 Å². The fourth-order valence-electron chi connectivity index (χ4n) is 2.51. The van der Waals surface area contributed by atoms with Crippen molar-refractivity contribution in [1.82, 2.24) is 9.80 Å². The minimum atomic E-state index is 0.222. The van der Waals surface area contributed by atoms with Gasteiger partial charge in [0.2, 0.25) is 0 Å². The second-order valence-electron chi connectivity index (χ2n) is 5.01. The van der Waals surface area contributed by atoms with E-state index in [9.17, 15) is 0 Å². The molecule has 2 rings (SSSR count). The lowest BCUT2D eigenvalue weighted by Gasteiger charge is -2.40. The molecule has 0 saturated carbocycles. The largest absolute Gasteiger partial charge is 0.395 e. The average molecular weight is 373 g/mol. The van der Waals surface area contributed by atoms with Crippen molar-refractivity contribution < 1.29 is 5.11 Å². The summed E-state index contributed by atoms with van der Waals surface area (Å²) in [6, 6.07) is 0.495. The molecule has 2 aliphatic heterocycles. The molecule has 1 N–H and O–H groups in total. The van der Waals surface area contributed by atoms with Gasteiger partial charge in [-0.15, -0.1) is 0 Å². The number of aliphatic imine (C=N–C) groups is 1. The molecule has 2 atom stereocenters. The van der Waals surface area contributed by atoms with Gasteiger partial charge in [0.05, 0.1) is 12.5 Å². The molecule has 5 heteroatoms. The van der Waals surface area contributed by atoms with Gasteiger partial charge < -0.3 is 5.11 Å². The zero-order valence-electron chi connectivity index (χ0n) is 11.2. The second kappa shape index (κ2) is 7.39. The molecule has 1 saturated heterocycles. The molecule has 0 aromatic carbocycles. The number of halogens is 1. The number of allylic oxidation sites excluding steroid dienone is 1. The Kier molecular flexibility index (Phi) is 5.82. The Morgan fingerprint density at radius 2 is 2.37 bits per heavy atom. The summed E-state index contributed by atoms with van der Waals surface area (Å²) in [5.41, 5.74) is 0. The zero-order chi connectivity index (χ0) is 13.7. The number of hydrogen-bond donors (Lipinski definition) is 1. The number of piperazine rings is 1. The van der Waals surface area contributed by atoms with Gasteiger partial charge in [-0.2, -0.15) is 0 Å². The molecule has 0 radical (unpaired) electrons. The maximum absolute atomic E-state index is 9.02. The van der Waals surface area contributed by atoms with Gasteiger partial charge in [0.25, 0.3) is 0 Å². The third kappa shape index (κ3) is 4.56. The van der Waals surface area contributed by atoms with Gasteiger partial charge in [-0.05, 0) is 29.5 Å². The molecule has 0 aliphatic carbocycles. The van der Waals surface area contributed by atoms with Crippen LogP contribution >= 0.6 is 22.6 Å². The summed E-state index contributed by atoms with van der Waals surface area (Å²) in [7, 11) is 0. The third-order valence-electron chi connectivity index (χ3n) is 3.53. The highest BCUT2D eigenvalue weighted by Gasteiger charge is 2.24. The van der Waals surface area contributed by atoms with Crippen molar-refractivity contribution in [3.8, 4) is 11.8 Å². The summed E-state index contributed by atoms with van der Waals surface area (Å²) in [6.07, 6.45) is 3.82. The van der Waals surface area contributed by atoms with E-state index in [0.717, 1.165) is 36.4 Å². The highest BCUT2D eigenvalue weighted by atomic mass is 127. The van der Waals surface area contributed by atoms with E-state index >= 15 is 0 Å². The normalized spacial score (nSPS) is 28.5. The quantitative estimate of drug-likeness (QED) is 0.454. The smallest absolute Gasteiger partial charge is 0.109 e. The van der Waals surface area contributed by atoms with Gasteiger partial charge in [0.1, 0.15) is 3.70 Å². The Bertz CT molecular complexity index is 424. The number of rotatable bonds is 4. The molecule has 1 fully saturated rings. The molecule has 19 heavy (non-hydrogen) atoms. The molecule has 0 amide bonds. The van der Waals surface area contributed by atoms with Crippen molar-refractivity contribution in [3.05, 3.63) is 9.78 Å². The molecule has 4 nitrogen and oxygen atoms in total. The first-order chi connectivity index (χ1) is 9.19. The summed E-state index contributed by atoms with van der Waals surface area (Å²) in [4.78, 5) is 9.15. The van der Waals surface area contributed by atoms with E-state index in [1.54, 1.807) is 0 Å². The van der Waals surface area contributed by atoms with Gasteiger partial charge in [0, 0.05) is 51.1 Å². The number of aliphatic hydroxyl groups is 1. The van der Waals surface area contributed by atoms with Crippen molar-refractivity contribution in [3.63, 3.8) is 0 Å². The number of β-amino-alcohol motifs (C(OH)–C–C–N with tert-alkyl or cyclic N) is 1. The van der Waals surface area contributed by atoms with E-state index < -0.39 is 0 Å². The monoisotopic (exact) mass is 373 g/mol. The molecule has 0 aromatic heterocycles. The van der Waals surface area contributed by atoms with Crippen LogP contribution in [0.3, 0.4) is 0 Å². The van der Waals surface area contributed by atoms with Gasteiger partial charge in [-0.1, -0.05) is 11.8 Å². The summed E-state index contributed by atoms with van der Waals surface area (Å²) in [5.74, 6) is 6.52. The van der Waals surface area contributed by atoms with Crippen LogP contribution in [0.1, 0.15) is 6.92 Å². The van der Waals surface area contributed by atoms with Crippen molar-refractivity contribution in [2.24, 2.45) is 10.9 Å². The van der Waals surface area contributed by atoms with E-state index in [4.69, 9.17) is 5.11 Å². The van der Waals surface area contributed by atoms with E-state index in [-0.39, 0.29) is 12.5 Å². The van der Waals surface area contributed by atoms with Crippen molar-refractivity contribution in [1.29, 1.82) is 0 Å². The van der Waals surface area contributed by atoms with E-state index in [1.807, 2.05) is 12.3 Å².